The molecule has 0 aliphatic carbocycles. The van der Waals surface area contributed by atoms with E-state index in [2.05, 4.69) is 4.98 Å². The van der Waals surface area contributed by atoms with Gasteiger partial charge in [0, 0.05) is 25.1 Å². The minimum absolute atomic E-state index is 0.0731. The lowest BCUT2D eigenvalue weighted by Gasteiger charge is -2.23. The predicted molar refractivity (Wildman–Crippen MR) is 79.9 cm³/mol. The van der Waals surface area contributed by atoms with Gasteiger partial charge in [0.2, 0.25) is 0 Å². The zero-order chi connectivity index (χ0) is 15.5. The first-order valence-corrected chi connectivity index (χ1v) is 6.73. The molecule has 0 bridgehead atoms. The van der Waals surface area contributed by atoms with Crippen molar-refractivity contribution in [3.8, 4) is 5.75 Å². The average molecular weight is 289 g/mol. The first kappa shape index (κ1) is 15.3. The highest BCUT2D eigenvalue weighted by atomic mass is 16.5. The molecular weight excluding hydrogens is 270 g/mol. The Kier molecular flexibility index (Phi) is 4.43. The van der Waals surface area contributed by atoms with Gasteiger partial charge in [-0.25, -0.2) is 4.79 Å². The fourth-order valence-corrected chi connectivity index (χ4v) is 1.92. The highest BCUT2D eigenvalue weighted by molar-refractivity contribution is 5.98. The summed E-state index contributed by atoms with van der Waals surface area (Å²) in [5.74, 6) is -0.686. The predicted octanol–water partition coefficient (Wildman–Crippen LogP) is 3.13. The Morgan fingerprint density at radius 2 is 2.05 bits per heavy atom. The van der Waals surface area contributed by atoms with Crippen molar-refractivity contribution in [3.05, 3.63) is 36.0 Å². The van der Waals surface area contributed by atoms with Crippen LogP contribution >= 0.6 is 0 Å². The van der Waals surface area contributed by atoms with Crippen molar-refractivity contribution >= 4 is 16.9 Å². The zero-order valence-electron chi connectivity index (χ0n) is 12.4. The normalized spacial score (nSPS) is 11.6. The van der Waals surface area contributed by atoms with Crippen LogP contribution < -0.4 is 4.74 Å². The SMILES string of the molecule is COC(C)(C)CCOc1c(C(=O)O)cnc2ccccc12. The lowest BCUT2D eigenvalue weighted by Crippen LogP contribution is -2.25. The van der Waals surface area contributed by atoms with E-state index < -0.39 is 5.97 Å². The second kappa shape index (κ2) is 6.10. The van der Waals surface area contributed by atoms with Crippen LogP contribution in [0.1, 0.15) is 30.6 Å². The first-order chi connectivity index (χ1) is 9.94. The molecule has 0 radical (unpaired) electrons. The number of ether oxygens (including phenoxy) is 2. The summed E-state index contributed by atoms with van der Waals surface area (Å²) < 4.78 is 11.1. The maximum atomic E-state index is 11.3. The number of rotatable bonds is 6. The van der Waals surface area contributed by atoms with Crippen molar-refractivity contribution in [2.45, 2.75) is 25.9 Å². The molecular formula is C16H19NO4. The number of carbonyl (C=O) groups is 1. The minimum atomic E-state index is -1.05. The second-order valence-electron chi connectivity index (χ2n) is 5.39. The van der Waals surface area contributed by atoms with Gasteiger partial charge in [-0.15, -0.1) is 0 Å². The molecule has 1 heterocycles. The average Bonchev–Trinajstić information content (AvgIpc) is 2.47. The van der Waals surface area contributed by atoms with Gasteiger partial charge in [0.05, 0.1) is 17.7 Å². The molecule has 0 spiro atoms. The topological polar surface area (TPSA) is 68.7 Å². The lowest BCUT2D eigenvalue weighted by molar-refractivity contribution is 0.00550. The summed E-state index contributed by atoms with van der Waals surface area (Å²) in [5, 5.41) is 9.99. The van der Waals surface area contributed by atoms with Gasteiger partial charge in [0.15, 0.2) is 0 Å². The van der Waals surface area contributed by atoms with E-state index in [1.807, 2.05) is 38.1 Å². The number of carboxylic acids is 1. The Bertz CT molecular complexity index is 652. The number of pyridine rings is 1. The molecule has 0 aliphatic heterocycles. The number of nitrogens with zero attached hydrogens (tertiary/aromatic N) is 1. The summed E-state index contributed by atoms with van der Waals surface area (Å²) >= 11 is 0. The van der Waals surface area contributed by atoms with Gasteiger partial charge in [-0.1, -0.05) is 12.1 Å². The zero-order valence-corrected chi connectivity index (χ0v) is 12.4. The van der Waals surface area contributed by atoms with Gasteiger partial charge in [-0.3, -0.25) is 4.98 Å². The summed E-state index contributed by atoms with van der Waals surface area (Å²) in [4.78, 5) is 15.5. The van der Waals surface area contributed by atoms with Crippen LogP contribution in [-0.4, -0.2) is 35.4 Å². The molecule has 0 fully saturated rings. The monoisotopic (exact) mass is 289 g/mol. The Morgan fingerprint density at radius 3 is 2.71 bits per heavy atom. The molecule has 21 heavy (non-hydrogen) atoms. The van der Waals surface area contributed by atoms with Crippen LogP contribution in [0.2, 0.25) is 0 Å². The number of aromatic nitrogens is 1. The van der Waals surface area contributed by atoms with E-state index in [1.165, 1.54) is 6.20 Å². The number of para-hydroxylation sites is 1. The molecule has 5 heteroatoms. The fraction of sp³-hybridized carbons (Fsp3) is 0.375. The van der Waals surface area contributed by atoms with Crippen molar-refractivity contribution in [2.75, 3.05) is 13.7 Å². The molecule has 0 saturated heterocycles. The van der Waals surface area contributed by atoms with E-state index in [0.717, 1.165) is 0 Å². The molecule has 1 aromatic heterocycles. The number of benzene rings is 1. The molecule has 0 aliphatic rings. The molecule has 2 rings (SSSR count). The van der Waals surface area contributed by atoms with Gasteiger partial charge >= 0.3 is 5.97 Å². The third kappa shape index (κ3) is 3.49. The maximum absolute atomic E-state index is 11.3. The third-order valence-electron chi connectivity index (χ3n) is 3.46. The van der Waals surface area contributed by atoms with Gasteiger partial charge in [0.25, 0.3) is 0 Å². The van der Waals surface area contributed by atoms with Gasteiger partial charge < -0.3 is 14.6 Å². The highest BCUT2D eigenvalue weighted by Gasteiger charge is 2.19. The highest BCUT2D eigenvalue weighted by Crippen LogP contribution is 2.29. The van der Waals surface area contributed by atoms with Crippen LogP contribution in [0.5, 0.6) is 5.75 Å². The van der Waals surface area contributed by atoms with Crippen LogP contribution in [0, 0.1) is 0 Å². The fourth-order valence-electron chi connectivity index (χ4n) is 1.92. The number of aromatic carboxylic acids is 1. The van der Waals surface area contributed by atoms with Crippen molar-refractivity contribution in [3.63, 3.8) is 0 Å². The molecule has 112 valence electrons. The van der Waals surface area contributed by atoms with E-state index in [-0.39, 0.29) is 11.2 Å². The molecule has 5 nitrogen and oxygen atoms in total. The van der Waals surface area contributed by atoms with E-state index >= 15 is 0 Å². The Balaban J connectivity index is 2.32. The maximum Gasteiger partial charge on any atom is 0.341 e. The lowest BCUT2D eigenvalue weighted by atomic mass is 10.1. The Hall–Kier alpha value is -2.14. The molecule has 1 N–H and O–H groups in total. The summed E-state index contributed by atoms with van der Waals surface area (Å²) in [5.41, 5.74) is 0.471. The van der Waals surface area contributed by atoms with Crippen molar-refractivity contribution in [1.29, 1.82) is 0 Å². The number of carboxylic acid groups (broad SMARTS) is 1. The summed E-state index contributed by atoms with van der Waals surface area (Å²) in [6, 6.07) is 7.33. The quantitative estimate of drug-likeness (QED) is 0.884. The van der Waals surface area contributed by atoms with Crippen LogP contribution in [-0.2, 0) is 4.74 Å². The molecule has 0 unspecified atom stereocenters. The van der Waals surface area contributed by atoms with E-state index in [4.69, 9.17) is 9.47 Å². The number of hydrogen-bond acceptors (Lipinski definition) is 4. The van der Waals surface area contributed by atoms with E-state index in [1.54, 1.807) is 7.11 Å². The van der Waals surface area contributed by atoms with Crippen molar-refractivity contribution in [2.24, 2.45) is 0 Å². The van der Waals surface area contributed by atoms with E-state index in [0.29, 0.717) is 29.7 Å². The van der Waals surface area contributed by atoms with E-state index in [9.17, 15) is 9.90 Å². The number of methoxy groups -OCH3 is 1. The van der Waals surface area contributed by atoms with Crippen LogP contribution in [0.4, 0.5) is 0 Å². The summed E-state index contributed by atoms with van der Waals surface area (Å²) in [6.45, 7) is 4.29. The molecule has 1 aromatic carbocycles. The molecule has 2 aromatic rings. The van der Waals surface area contributed by atoms with Gasteiger partial charge in [-0.05, 0) is 26.0 Å². The standard InChI is InChI=1S/C16H19NO4/c1-16(2,20-3)8-9-21-14-11-6-4-5-7-13(11)17-10-12(14)15(18)19/h4-7,10H,8-9H2,1-3H3,(H,18,19). The number of fused-ring (bicyclic) bond motifs is 1. The molecule has 0 saturated carbocycles. The second-order valence-corrected chi connectivity index (χ2v) is 5.39. The third-order valence-corrected chi connectivity index (χ3v) is 3.46. The van der Waals surface area contributed by atoms with Gasteiger partial charge in [-0.2, -0.15) is 0 Å². The van der Waals surface area contributed by atoms with Crippen LogP contribution in [0.3, 0.4) is 0 Å². The molecule has 0 amide bonds. The van der Waals surface area contributed by atoms with Crippen molar-refractivity contribution < 1.29 is 19.4 Å². The Labute approximate surface area is 123 Å². The Morgan fingerprint density at radius 1 is 1.33 bits per heavy atom. The van der Waals surface area contributed by atoms with Crippen LogP contribution in [0.25, 0.3) is 10.9 Å². The van der Waals surface area contributed by atoms with Gasteiger partial charge in [0.1, 0.15) is 11.3 Å². The largest absolute Gasteiger partial charge is 0.492 e. The summed E-state index contributed by atoms with van der Waals surface area (Å²) in [7, 11) is 1.64. The summed E-state index contributed by atoms with van der Waals surface area (Å²) in [6.07, 6.45) is 1.99. The minimum Gasteiger partial charge on any atom is -0.492 e. The smallest absolute Gasteiger partial charge is 0.341 e. The first-order valence-electron chi connectivity index (χ1n) is 6.73. The van der Waals surface area contributed by atoms with Crippen molar-refractivity contribution in [1.82, 2.24) is 4.98 Å². The van der Waals surface area contributed by atoms with Crippen LogP contribution in [0.15, 0.2) is 30.5 Å². The number of hydrogen-bond donors (Lipinski definition) is 1. The molecule has 0 atom stereocenters.